The molecule has 3 rings (SSSR count). The summed E-state index contributed by atoms with van der Waals surface area (Å²) >= 11 is 0. The Labute approximate surface area is 120 Å². The van der Waals surface area contributed by atoms with Gasteiger partial charge in [0.1, 0.15) is 12.1 Å². The van der Waals surface area contributed by atoms with E-state index in [0.29, 0.717) is 11.7 Å². The zero-order valence-electron chi connectivity index (χ0n) is 12.1. The predicted molar refractivity (Wildman–Crippen MR) is 82.6 cm³/mol. The van der Waals surface area contributed by atoms with Gasteiger partial charge in [-0.2, -0.15) is 0 Å². The van der Waals surface area contributed by atoms with Gasteiger partial charge in [-0.1, -0.05) is 44.5 Å². The smallest absolute Gasteiger partial charge is 0.130 e. The Balaban J connectivity index is 1.98. The van der Waals surface area contributed by atoms with Crippen molar-refractivity contribution >= 4 is 5.82 Å². The fraction of sp³-hybridized carbons (Fsp3) is 0.412. The van der Waals surface area contributed by atoms with E-state index in [4.69, 9.17) is 5.73 Å². The summed E-state index contributed by atoms with van der Waals surface area (Å²) in [5.41, 5.74) is 10.6. The first-order valence-electron chi connectivity index (χ1n) is 7.37. The van der Waals surface area contributed by atoms with E-state index in [1.807, 2.05) is 0 Å². The van der Waals surface area contributed by atoms with Crippen molar-refractivity contribution < 1.29 is 0 Å². The van der Waals surface area contributed by atoms with Crippen LogP contribution in [-0.2, 0) is 0 Å². The third-order valence-corrected chi connectivity index (χ3v) is 4.25. The molecule has 0 radical (unpaired) electrons. The lowest BCUT2D eigenvalue weighted by atomic mass is 9.80. The highest BCUT2D eigenvalue weighted by molar-refractivity contribution is 5.68. The Bertz CT molecular complexity index is 598. The van der Waals surface area contributed by atoms with Gasteiger partial charge in [0.25, 0.3) is 0 Å². The van der Waals surface area contributed by atoms with Crippen molar-refractivity contribution in [3.8, 4) is 11.3 Å². The van der Waals surface area contributed by atoms with Crippen LogP contribution in [0.4, 0.5) is 5.82 Å². The van der Waals surface area contributed by atoms with Crippen molar-refractivity contribution in [1.82, 2.24) is 9.97 Å². The molecular weight excluding hydrogens is 246 g/mol. The number of anilines is 1. The Morgan fingerprint density at radius 1 is 1.10 bits per heavy atom. The molecule has 3 nitrogen and oxygen atoms in total. The van der Waals surface area contributed by atoms with Crippen LogP contribution in [0.25, 0.3) is 11.3 Å². The van der Waals surface area contributed by atoms with E-state index < -0.39 is 0 Å². The molecule has 1 saturated carbocycles. The highest BCUT2D eigenvalue weighted by Crippen LogP contribution is 2.37. The average Bonchev–Trinajstić information content (AvgIpc) is 2.37. The number of hydrogen-bond acceptors (Lipinski definition) is 3. The molecule has 0 spiro atoms. The highest BCUT2D eigenvalue weighted by atomic mass is 14.9. The van der Waals surface area contributed by atoms with E-state index in [0.717, 1.165) is 22.7 Å². The van der Waals surface area contributed by atoms with Crippen LogP contribution in [0.1, 0.15) is 56.1 Å². The minimum atomic E-state index is 0.317. The van der Waals surface area contributed by atoms with Gasteiger partial charge in [0, 0.05) is 11.1 Å². The predicted octanol–water partition coefficient (Wildman–Crippen LogP) is 4.12. The van der Waals surface area contributed by atoms with E-state index >= 15 is 0 Å². The van der Waals surface area contributed by atoms with Crippen LogP contribution in [-0.4, -0.2) is 9.97 Å². The summed E-state index contributed by atoms with van der Waals surface area (Å²) in [5.74, 6) is 1.68. The normalized spacial score (nSPS) is 15.3. The molecule has 2 N–H and O–H groups in total. The molecule has 0 bridgehead atoms. The maximum absolute atomic E-state index is 6.02. The molecule has 1 fully saturated rings. The molecule has 2 aromatic rings. The number of hydrogen-bond donors (Lipinski definition) is 1. The molecule has 1 aliphatic rings. The van der Waals surface area contributed by atoms with E-state index in [2.05, 4.69) is 48.1 Å². The van der Waals surface area contributed by atoms with Crippen LogP contribution in [0.3, 0.4) is 0 Å². The van der Waals surface area contributed by atoms with Crippen molar-refractivity contribution in [3.05, 3.63) is 41.7 Å². The van der Waals surface area contributed by atoms with E-state index in [9.17, 15) is 0 Å². The van der Waals surface area contributed by atoms with Gasteiger partial charge in [-0.3, -0.25) is 0 Å². The van der Waals surface area contributed by atoms with Crippen LogP contribution < -0.4 is 5.73 Å². The largest absolute Gasteiger partial charge is 0.383 e. The summed E-state index contributed by atoms with van der Waals surface area (Å²) < 4.78 is 0. The second kappa shape index (κ2) is 5.23. The Morgan fingerprint density at radius 3 is 2.35 bits per heavy atom. The molecule has 0 atom stereocenters. The molecule has 0 unspecified atom stereocenters. The number of nitrogens with two attached hydrogens (primary N) is 1. The molecule has 0 amide bonds. The lowest BCUT2D eigenvalue weighted by Gasteiger charge is -2.25. The van der Waals surface area contributed by atoms with Gasteiger partial charge in [0.15, 0.2) is 0 Å². The van der Waals surface area contributed by atoms with Gasteiger partial charge >= 0.3 is 0 Å². The minimum Gasteiger partial charge on any atom is -0.383 e. The third-order valence-electron chi connectivity index (χ3n) is 4.25. The number of benzene rings is 1. The summed E-state index contributed by atoms with van der Waals surface area (Å²) in [6.45, 7) is 4.25. The van der Waals surface area contributed by atoms with Gasteiger partial charge in [0.2, 0.25) is 0 Å². The molecule has 20 heavy (non-hydrogen) atoms. The molecule has 1 heterocycles. The second-order valence-corrected chi connectivity index (χ2v) is 5.93. The lowest BCUT2D eigenvalue weighted by Crippen LogP contribution is -2.08. The monoisotopic (exact) mass is 267 g/mol. The van der Waals surface area contributed by atoms with Crippen molar-refractivity contribution in [1.29, 1.82) is 0 Å². The topological polar surface area (TPSA) is 51.8 Å². The molecule has 0 aliphatic heterocycles. The van der Waals surface area contributed by atoms with Crippen LogP contribution in [0.5, 0.6) is 0 Å². The Hall–Kier alpha value is -1.90. The summed E-state index contributed by atoms with van der Waals surface area (Å²) in [4.78, 5) is 8.57. The van der Waals surface area contributed by atoms with Gasteiger partial charge in [0.05, 0.1) is 5.69 Å². The minimum absolute atomic E-state index is 0.317. The molecule has 0 saturated heterocycles. The Kier molecular flexibility index (Phi) is 3.43. The van der Waals surface area contributed by atoms with Crippen LogP contribution >= 0.6 is 0 Å². The van der Waals surface area contributed by atoms with Gasteiger partial charge in [-0.05, 0) is 30.2 Å². The van der Waals surface area contributed by atoms with Crippen LogP contribution in [0.15, 0.2) is 30.6 Å². The Morgan fingerprint density at radius 2 is 1.80 bits per heavy atom. The second-order valence-electron chi connectivity index (χ2n) is 5.93. The van der Waals surface area contributed by atoms with Crippen LogP contribution in [0, 0.1) is 0 Å². The number of nitrogens with zero attached hydrogens (tertiary/aromatic N) is 2. The fourth-order valence-corrected chi connectivity index (χ4v) is 2.86. The quantitative estimate of drug-likeness (QED) is 0.910. The highest BCUT2D eigenvalue weighted by Gasteiger charge is 2.20. The maximum Gasteiger partial charge on any atom is 0.130 e. The first kappa shape index (κ1) is 13.1. The van der Waals surface area contributed by atoms with Crippen molar-refractivity contribution in [2.45, 2.75) is 44.9 Å². The zero-order valence-corrected chi connectivity index (χ0v) is 12.1. The van der Waals surface area contributed by atoms with Gasteiger partial charge in [-0.25, -0.2) is 9.97 Å². The number of nitrogen functional groups attached to an aromatic ring is 1. The van der Waals surface area contributed by atoms with Crippen molar-refractivity contribution in [2.75, 3.05) is 5.73 Å². The molecule has 104 valence electrons. The molecule has 1 aromatic carbocycles. The summed E-state index contributed by atoms with van der Waals surface area (Å²) in [6.07, 6.45) is 5.58. The first-order valence-corrected chi connectivity index (χ1v) is 7.37. The zero-order chi connectivity index (χ0) is 14.1. The van der Waals surface area contributed by atoms with E-state index in [-0.39, 0.29) is 0 Å². The van der Waals surface area contributed by atoms with Crippen LogP contribution in [0.2, 0.25) is 0 Å². The van der Waals surface area contributed by atoms with Gasteiger partial charge < -0.3 is 5.73 Å². The number of aromatic nitrogens is 2. The maximum atomic E-state index is 6.02. The molecular formula is C17H21N3. The molecule has 3 heteroatoms. The number of rotatable bonds is 3. The first-order chi connectivity index (χ1) is 9.66. The fourth-order valence-electron chi connectivity index (χ4n) is 2.86. The summed E-state index contributed by atoms with van der Waals surface area (Å²) in [6, 6.07) is 8.81. The van der Waals surface area contributed by atoms with Crippen molar-refractivity contribution in [2.24, 2.45) is 0 Å². The van der Waals surface area contributed by atoms with Crippen molar-refractivity contribution in [3.63, 3.8) is 0 Å². The standard InChI is InChI=1S/C17H21N3/c1-11(2)15-16(19-10-20-17(15)18)14-8-6-13(7-9-14)12-4-3-5-12/h6-12H,3-5H2,1-2H3,(H2,18,19,20). The van der Waals surface area contributed by atoms with Gasteiger partial charge in [-0.15, -0.1) is 0 Å². The summed E-state index contributed by atoms with van der Waals surface area (Å²) in [7, 11) is 0. The summed E-state index contributed by atoms with van der Waals surface area (Å²) in [5, 5.41) is 0. The average molecular weight is 267 g/mol. The molecule has 1 aliphatic carbocycles. The van der Waals surface area contributed by atoms with E-state index in [1.54, 1.807) is 6.33 Å². The lowest BCUT2D eigenvalue weighted by molar-refractivity contribution is 0.420. The SMILES string of the molecule is CC(C)c1c(N)ncnc1-c1ccc(C2CCC2)cc1. The molecule has 1 aromatic heterocycles. The van der Waals surface area contributed by atoms with E-state index in [1.165, 1.54) is 24.8 Å². The third kappa shape index (κ3) is 2.28.